The zero-order valence-electron chi connectivity index (χ0n) is 9.98. The smallest absolute Gasteiger partial charge is 0.319 e. The van der Waals surface area contributed by atoms with Gasteiger partial charge in [-0.25, -0.2) is 4.79 Å². The minimum absolute atomic E-state index is 0.0419. The molecule has 2 rings (SSSR count). The normalized spacial score (nSPS) is 14.7. The molecule has 0 aliphatic heterocycles. The summed E-state index contributed by atoms with van der Waals surface area (Å²) in [7, 11) is 0. The molecule has 0 spiro atoms. The van der Waals surface area contributed by atoms with Gasteiger partial charge < -0.3 is 15.7 Å². The largest absolute Gasteiger partial charge is 0.481 e. The highest BCUT2D eigenvalue weighted by atomic mass is 16.4. The van der Waals surface area contributed by atoms with E-state index >= 15 is 0 Å². The van der Waals surface area contributed by atoms with Gasteiger partial charge in [-0.3, -0.25) is 4.79 Å². The summed E-state index contributed by atoms with van der Waals surface area (Å²) < 4.78 is 0. The number of nitrogens with one attached hydrogen (secondary N) is 2. The maximum Gasteiger partial charge on any atom is 0.319 e. The Kier molecular flexibility index (Phi) is 3.82. The Morgan fingerprint density at radius 1 is 1.33 bits per heavy atom. The molecule has 0 radical (unpaired) electrons. The van der Waals surface area contributed by atoms with Crippen LogP contribution in [-0.2, 0) is 11.2 Å². The summed E-state index contributed by atoms with van der Waals surface area (Å²) in [4.78, 5) is 22.2. The molecule has 1 aliphatic rings. The van der Waals surface area contributed by atoms with E-state index in [1.54, 1.807) is 24.3 Å². The van der Waals surface area contributed by atoms with Crippen LogP contribution in [0.15, 0.2) is 24.3 Å². The van der Waals surface area contributed by atoms with Crippen molar-refractivity contribution in [1.29, 1.82) is 0 Å². The number of carbonyl (C=O) groups excluding carboxylic acids is 1. The number of carboxylic acid groups (broad SMARTS) is 1. The Morgan fingerprint density at radius 3 is 2.72 bits per heavy atom. The summed E-state index contributed by atoms with van der Waals surface area (Å²) in [5.74, 6) is -0.883. The quantitative estimate of drug-likeness (QED) is 0.762. The van der Waals surface area contributed by atoms with E-state index in [2.05, 4.69) is 10.6 Å². The van der Waals surface area contributed by atoms with Crippen LogP contribution in [0.4, 0.5) is 10.5 Å². The molecule has 0 bridgehead atoms. The van der Waals surface area contributed by atoms with E-state index in [0.717, 1.165) is 12.8 Å². The van der Waals surface area contributed by atoms with Crippen molar-refractivity contribution in [3.63, 3.8) is 0 Å². The Labute approximate surface area is 105 Å². The number of rotatable bonds is 4. The fourth-order valence-corrected chi connectivity index (χ4v) is 1.84. The van der Waals surface area contributed by atoms with Crippen LogP contribution in [0.5, 0.6) is 0 Å². The summed E-state index contributed by atoms with van der Waals surface area (Å²) in [5, 5.41) is 14.3. The topological polar surface area (TPSA) is 78.4 Å². The van der Waals surface area contributed by atoms with E-state index in [0.29, 0.717) is 11.3 Å². The highest BCUT2D eigenvalue weighted by molar-refractivity contribution is 5.89. The van der Waals surface area contributed by atoms with Gasteiger partial charge in [0.05, 0.1) is 6.42 Å². The third-order valence-corrected chi connectivity index (χ3v) is 2.98. The summed E-state index contributed by atoms with van der Waals surface area (Å²) >= 11 is 0. The van der Waals surface area contributed by atoms with Crippen LogP contribution in [0.3, 0.4) is 0 Å². The van der Waals surface area contributed by atoms with Crippen LogP contribution in [0.2, 0.25) is 0 Å². The van der Waals surface area contributed by atoms with Crippen molar-refractivity contribution < 1.29 is 14.7 Å². The molecule has 0 aromatic heterocycles. The van der Waals surface area contributed by atoms with E-state index in [-0.39, 0.29) is 18.5 Å². The van der Waals surface area contributed by atoms with Gasteiger partial charge in [-0.2, -0.15) is 0 Å². The average Bonchev–Trinajstić information content (AvgIpc) is 2.23. The van der Waals surface area contributed by atoms with E-state index in [9.17, 15) is 9.59 Å². The first-order valence-electron chi connectivity index (χ1n) is 6.02. The highest BCUT2D eigenvalue weighted by Crippen LogP contribution is 2.18. The third-order valence-electron chi connectivity index (χ3n) is 2.98. The molecule has 1 saturated carbocycles. The first-order valence-corrected chi connectivity index (χ1v) is 6.02. The van der Waals surface area contributed by atoms with Gasteiger partial charge in [-0.1, -0.05) is 12.1 Å². The van der Waals surface area contributed by atoms with Gasteiger partial charge in [0, 0.05) is 11.7 Å². The number of hydrogen-bond donors (Lipinski definition) is 3. The summed E-state index contributed by atoms with van der Waals surface area (Å²) in [5.41, 5.74) is 1.29. The number of benzene rings is 1. The molecule has 0 heterocycles. The Morgan fingerprint density at radius 2 is 2.11 bits per heavy atom. The molecule has 1 fully saturated rings. The Hall–Kier alpha value is -2.04. The van der Waals surface area contributed by atoms with Gasteiger partial charge in [0.25, 0.3) is 0 Å². The van der Waals surface area contributed by atoms with Gasteiger partial charge in [0.1, 0.15) is 0 Å². The maximum absolute atomic E-state index is 11.6. The molecule has 1 aromatic carbocycles. The molecule has 0 saturated heterocycles. The fourth-order valence-electron chi connectivity index (χ4n) is 1.84. The fraction of sp³-hybridized carbons (Fsp3) is 0.385. The number of anilines is 1. The first-order chi connectivity index (χ1) is 8.63. The maximum atomic E-state index is 11.6. The van der Waals surface area contributed by atoms with Crippen LogP contribution in [0.1, 0.15) is 24.8 Å². The van der Waals surface area contributed by atoms with Gasteiger partial charge >= 0.3 is 12.0 Å². The van der Waals surface area contributed by atoms with E-state index in [1.807, 2.05) is 0 Å². The van der Waals surface area contributed by atoms with Crippen molar-refractivity contribution in [3.05, 3.63) is 29.8 Å². The number of amides is 2. The van der Waals surface area contributed by atoms with Crippen molar-refractivity contribution >= 4 is 17.7 Å². The number of hydrogen-bond acceptors (Lipinski definition) is 2. The SMILES string of the molecule is O=C(O)Cc1cccc(NC(=O)NC2CCC2)c1. The molecule has 3 N–H and O–H groups in total. The third kappa shape index (κ3) is 3.48. The van der Waals surface area contributed by atoms with Crippen molar-refractivity contribution in [1.82, 2.24) is 5.32 Å². The monoisotopic (exact) mass is 248 g/mol. The van der Waals surface area contributed by atoms with Crippen LogP contribution in [0.25, 0.3) is 0 Å². The van der Waals surface area contributed by atoms with Gasteiger partial charge in [-0.15, -0.1) is 0 Å². The molecule has 5 heteroatoms. The van der Waals surface area contributed by atoms with Crippen molar-refractivity contribution in [2.45, 2.75) is 31.7 Å². The zero-order chi connectivity index (χ0) is 13.0. The molecular formula is C13H16N2O3. The second-order valence-electron chi connectivity index (χ2n) is 4.50. The molecule has 0 atom stereocenters. The van der Waals surface area contributed by atoms with Crippen LogP contribution < -0.4 is 10.6 Å². The van der Waals surface area contributed by atoms with Gasteiger partial charge in [0.2, 0.25) is 0 Å². The summed E-state index contributed by atoms with van der Waals surface area (Å²) in [6, 6.07) is 6.93. The highest BCUT2D eigenvalue weighted by Gasteiger charge is 2.19. The van der Waals surface area contributed by atoms with Crippen LogP contribution in [-0.4, -0.2) is 23.1 Å². The second-order valence-corrected chi connectivity index (χ2v) is 4.50. The zero-order valence-corrected chi connectivity index (χ0v) is 9.98. The number of urea groups is 1. The molecule has 18 heavy (non-hydrogen) atoms. The molecule has 2 amide bonds. The van der Waals surface area contributed by atoms with E-state index in [4.69, 9.17) is 5.11 Å². The lowest BCUT2D eigenvalue weighted by atomic mass is 9.93. The van der Waals surface area contributed by atoms with Crippen molar-refractivity contribution in [2.24, 2.45) is 0 Å². The molecular weight excluding hydrogens is 232 g/mol. The van der Waals surface area contributed by atoms with Crippen molar-refractivity contribution in [2.75, 3.05) is 5.32 Å². The predicted octanol–water partition coefficient (Wildman–Crippen LogP) is 1.99. The predicted molar refractivity (Wildman–Crippen MR) is 67.6 cm³/mol. The van der Waals surface area contributed by atoms with Gasteiger partial charge in [-0.05, 0) is 37.0 Å². The average molecular weight is 248 g/mol. The minimum atomic E-state index is -0.883. The lowest BCUT2D eigenvalue weighted by molar-refractivity contribution is -0.136. The lowest BCUT2D eigenvalue weighted by Gasteiger charge is -2.26. The molecule has 0 unspecified atom stereocenters. The lowest BCUT2D eigenvalue weighted by Crippen LogP contribution is -2.41. The van der Waals surface area contributed by atoms with Crippen LogP contribution in [0, 0.1) is 0 Å². The summed E-state index contributed by atoms with van der Waals surface area (Å²) in [6.45, 7) is 0. The number of carbonyl (C=O) groups is 2. The first kappa shape index (κ1) is 12.4. The molecule has 5 nitrogen and oxygen atoms in total. The molecule has 1 aliphatic carbocycles. The van der Waals surface area contributed by atoms with Gasteiger partial charge in [0.15, 0.2) is 0 Å². The number of aliphatic carboxylic acids is 1. The standard InChI is InChI=1S/C13H16N2O3/c16-12(17)8-9-3-1-6-11(7-9)15-13(18)14-10-4-2-5-10/h1,3,6-7,10H,2,4-5,8H2,(H,16,17)(H2,14,15,18). The second kappa shape index (κ2) is 5.53. The Balaban J connectivity index is 1.91. The number of carboxylic acids is 1. The van der Waals surface area contributed by atoms with E-state index in [1.165, 1.54) is 6.42 Å². The van der Waals surface area contributed by atoms with Crippen molar-refractivity contribution in [3.8, 4) is 0 Å². The minimum Gasteiger partial charge on any atom is -0.481 e. The molecule has 1 aromatic rings. The molecule has 96 valence electrons. The van der Waals surface area contributed by atoms with E-state index < -0.39 is 5.97 Å². The Bertz CT molecular complexity index is 455. The summed E-state index contributed by atoms with van der Waals surface area (Å²) in [6.07, 6.45) is 3.19. The van der Waals surface area contributed by atoms with Crippen LogP contribution >= 0.6 is 0 Å².